The van der Waals surface area contributed by atoms with Crippen molar-refractivity contribution >= 4 is 43.6 Å². The Morgan fingerprint density at radius 2 is 1.86 bits per heavy atom. The van der Waals surface area contributed by atoms with Crippen LogP contribution in [0.5, 0.6) is 0 Å². The van der Waals surface area contributed by atoms with Crippen molar-refractivity contribution in [3.05, 3.63) is 40.2 Å². The molecule has 1 aromatic carbocycles. The Kier molecular flexibility index (Phi) is 3.94. The van der Waals surface area contributed by atoms with E-state index in [-0.39, 0.29) is 0 Å². The van der Waals surface area contributed by atoms with E-state index in [4.69, 9.17) is 0 Å². The monoisotopic (exact) mass is 427 g/mol. The van der Waals surface area contributed by atoms with Crippen LogP contribution in [0.1, 0.15) is 13.8 Å². The summed E-state index contributed by atoms with van der Waals surface area (Å²) in [4.78, 5) is 12.3. The molecular formula is C15H14IN3O2S. The maximum Gasteiger partial charge on any atom is 0.180 e. The number of nitrogens with zero attached hydrogens (tertiary/aromatic N) is 2. The number of hydrogen-bond acceptors (Lipinski definition) is 4. The summed E-state index contributed by atoms with van der Waals surface area (Å²) >= 11 is 2.20. The fourth-order valence-corrected chi connectivity index (χ4v) is 3.68. The van der Waals surface area contributed by atoms with Crippen molar-refractivity contribution in [3.8, 4) is 11.3 Å². The molecule has 0 amide bonds. The summed E-state index contributed by atoms with van der Waals surface area (Å²) in [6.45, 7) is 3.35. The average Bonchev–Trinajstić information content (AvgIpc) is 2.88. The minimum Gasteiger partial charge on any atom is -0.344 e. The van der Waals surface area contributed by atoms with Crippen molar-refractivity contribution in [3.63, 3.8) is 0 Å². The highest BCUT2D eigenvalue weighted by Gasteiger charge is 2.19. The van der Waals surface area contributed by atoms with Crippen molar-refractivity contribution < 1.29 is 8.42 Å². The number of nitrogens with one attached hydrogen (secondary N) is 1. The highest BCUT2D eigenvalue weighted by Crippen LogP contribution is 2.24. The molecular weight excluding hydrogens is 413 g/mol. The van der Waals surface area contributed by atoms with E-state index in [1.165, 1.54) is 0 Å². The van der Waals surface area contributed by atoms with Gasteiger partial charge < -0.3 is 4.98 Å². The van der Waals surface area contributed by atoms with Crippen LogP contribution in [-0.4, -0.2) is 28.6 Å². The second kappa shape index (κ2) is 5.62. The third-order valence-electron chi connectivity index (χ3n) is 3.43. The Morgan fingerprint density at radius 3 is 2.50 bits per heavy atom. The van der Waals surface area contributed by atoms with Crippen LogP contribution in [0.25, 0.3) is 22.4 Å². The van der Waals surface area contributed by atoms with Crippen LogP contribution in [0.4, 0.5) is 0 Å². The van der Waals surface area contributed by atoms with Gasteiger partial charge in [0, 0.05) is 11.8 Å². The number of rotatable bonds is 3. The third kappa shape index (κ3) is 2.63. The molecule has 2 heterocycles. The minimum atomic E-state index is -3.25. The van der Waals surface area contributed by atoms with E-state index in [1.54, 1.807) is 44.3 Å². The molecule has 0 aliphatic heterocycles. The number of halogens is 1. The Morgan fingerprint density at radius 1 is 1.18 bits per heavy atom. The standard InChI is InChI=1S/C15H14IN3O2S/c1-9(2)22(20,21)11-5-3-10(4-6-11)13-8-18-15-14(19-13)12(16)7-17-15/h3-9H,1-2H3,(H,17,18). The first kappa shape index (κ1) is 15.4. The second-order valence-electron chi connectivity index (χ2n) is 5.21. The minimum absolute atomic E-state index is 0.330. The average molecular weight is 427 g/mol. The van der Waals surface area contributed by atoms with Gasteiger partial charge in [0.25, 0.3) is 0 Å². The van der Waals surface area contributed by atoms with Gasteiger partial charge in [-0.15, -0.1) is 0 Å². The normalized spacial score (nSPS) is 12.2. The van der Waals surface area contributed by atoms with E-state index in [1.807, 2.05) is 6.20 Å². The van der Waals surface area contributed by atoms with Gasteiger partial charge in [0.1, 0.15) is 5.52 Å². The molecule has 5 nitrogen and oxygen atoms in total. The maximum absolute atomic E-state index is 12.1. The van der Waals surface area contributed by atoms with Gasteiger partial charge in [-0.25, -0.2) is 18.4 Å². The Hall–Kier alpha value is -1.48. The van der Waals surface area contributed by atoms with E-state index in [9.17, 15) is 8.42 Å². The number of aromatic nitrogens is 3. The molecule has 0 aliphatic carbocycles. The summed E-state index contributed by atoms with van der Waals surface area (Å²) in [5, 5.41) is -0.434. The number of benzene rings is 1. The highest BCUT2D eigenvalue weighted by atomic mass is 127. The van der Waals surface area contributed by atoms with Gasteiger partial charge in [-0.1, -0.05) is 12.1 Å². The molecule has 3 aromatic rings. The smallest absolute Gasteiger partial charge is 0.180 e. The molecule has 1 N–H and O–H groups in total. The zero-order chi connectivity index (χ0) is 15.9. The largest absolute Gasteiger partial charge is 0.344 e. The molecule has 2 aromatic heterocycles. The molecule has 0 fully saturated rings. The van der Waals surface area contributed by atoms with Crippen molar-refractivity contribution in [1.29, 1.82) is 0 Å². The van der Waals surface area contributed by atoms with Crippen molar-refractivity contribution in [2.75, 3.05) is 0 Å². The number of sulfone groups is 1. The zero-order valence-corrected chi connectivity index (χ0v) is 15.0. The second-order valence-corrected chi connectivity index (χ2v) is 8.87. The predicted octanol–water partition coefficient (Wildman–Crippen LogP) is 3.41. The van der Waals surface area contributed by atoms with Crippen LogP contribution in [0.15, 0.2) is 41.6 Å². The Labute approximate surface area is 142 Å². The molecule has 3 rings (SSSR count). The molecule has 114 valence electrons. The van der Waals surface area contributed by atoms with Gasteiger partial charge >= 0.3 is 0 Å². The maximum atomic E-state index is 12.1. The predicted molar refractivity (Wildman–Crippen MR) is 94.4 cm³/mol. The first-order chi connectivity index (χ1) is 10.4. The molecule has 0 bridgehead atoms. The third-order valence-corrected chi connectivity index (χ3v) is 6.43. The lowest BCUT2D eigenvalue weighted by molar-refractivity contribution is 0.587. The zero-order valence-electron chi connectivity index (χ0n) is 12.0. The van der Waals surface area contributed by atoms with Gasteiger partial charge in [-0.05, 0) is 48.6 Å². The number of fused-ring (bicyclic) bond motifs is 1. The fraction of sp³-hybridized carbons (Fsp3) is 0.200. The van der Waals surface area contributed by atoms with E-state index in [0.29, 0.717) is 4.90 Å². The Bertz CT molecular complexity index is 931. The van der Waals surface area contributed by atoms with Crippen LogP contribution >= 0.6 is 22.6 Å². The van der Waals surface area contributed by atoms with Crippen LogP contribution in [0.3, 0.4) is 0 Å². The van der Waals surface area contributed by atoms with Gasteiger partial charge in [0.05, 0.1) is 25.6 Å². The first-order valence-electron chi connectivity index (χ1n) is 6.73. The fourth-order valence-electron chi connectivity index (χ4n) is 2.09. The van der Waals surface area contributed by atoms with E-state index in [0.717, 1.165) is 26.0 Å². The van der Waals surface area contributed by atoms with Crippen LogP contribution in [0, 0.1) is 3.57 Å². The SMILES string of the molecule is CC(C)S(=O)(=O)c1ccc(-c2cnc3[nH]cc(I)c3n2)cc1. The quantitative estimate of drug-likeness (QED) is 0.651. The lowest BCUT2D eigenvalue weighted by Crippen LogP contribution is -2.13. The van der Waals surface area contributed by atoms with Gasteiger partial charge in [-0.2, -0.15) is 0 Å². The Balaban J connectivity index is 2.03. The van der Waals surface area contributed by atoms with Crippen molar-refractivity contribution in [2.24, 2.45) is 0 Å². The number of hydrogen-bond donors (Lipinski definition) is 1. The van der Waals surface area contributed by atoms with E-state index < -0.39 is 15.1 Å². The molecule has 0 atom stereocenters. The van der Waals surface area contributed by atoms with Crippen LogP contribution in [-0.2, 0) is 9.84 Å². The van der Waals surface area contributed by atoms with Gasteiger partial charge in [-0.3, -0.25) is 0 Å². The van der Waals surface area contributed by atoms with Gasteiger partial charge in [0.2, 0.25) is 0 Å². The summed E-state index contributed by atoms with van der Waals surface area (Å²) in [6.07, 6.45) is 3.54. The topological polar surface area (TPSA) is 75.7 Å². The molecule has 22 heavy (non-hydrogen) atoms. The molecule has 0 saturated carbocycles. The molecule has 7 heteroatoms. The van der Waals surface area contributed by atoms with Crippen molar-refractivity contribution in [2.45, 2.75) is 24.0 Å². The van der Waals surface area contributed by atoms with Crippen LogP contribution < -0.4 is 0 Å². The lowest BCUT2D eigenvalue weighted by atomic mass is 10.2. The van der Waals surface area contributed by atoms with Gasteiger partial charge in [0.15, 0.2) is 15.5 Å². The summed E-state index contributed by atoms with van der Waals surface area (Å²) in [5.74, 6) is 0. The van der Waals surface area contributed by atoms with Crippen molar-refractivity contribution in [1.82, 2.24) is 15.0 Å². The van der Waals surface area contributed by atoms with E-state index >= 15 is 0 Å². The highest BCUT2D eigenvalue weighted by molar-refractivity contribution is 14.1. The molecule has 0 spiro atoms. The molecule has 0 saturated heterocycles. The molecule has 0 aliphatic rings. The summed E-state index contributed by atoms with van der Waals surface area (Å²) in [6, 6.07) is 6.78. The lowest BCUT2D eigenvalue weighted by Gasteiger charge is -2.08. The molecule has 0 unspecified atom stereocenters. The number of H-pyrrole nitrogens is 1. The number of aromatic amines is 1. The summed E-state index contributed by atoms with van der Waals surface area (Å²) in [7, 11) is -3.25. The molecule has 0 radical (unpaired) electrons. The van der Waals surface area contributed by atoms with E-state index in [2.05, 4.69) is 37.5 Å². The summed E-state index contributed by atoms with van der Waals surface area (Å²) < 4.78 is 25.3. The first-order valence-corrected chi connectivity index (χ1v) is 9.36. The summed E-state index contributed by atoms with van der Waals surface area (Å²) in [5.41, 5.74) is 3.12. The van der Waals surface area contributed by atoms with Crippen LogP contribution in [0.2, 0.25) is 0 Å².